The van der Waals surface area contributed by atoms with Gasteiger partial charge in [0.05, 0.1) is 5.92 Å². The summed E-state index contributed by atoms with van der Waals surface area (Å²) < 4.78 is 5.54. The first-order valence-electron chi connectivity index (χ1n) is 7.63. The fourth-order valence-electron chi connectivity index (χ4n) is 4.65. The van der Waals surface area contributed by atoms with Crippen LogP contribution in [0.1, 0.15) is 40.5 Å². The van der Waals surface area contributed by atoms with Crippen molar-refractivity contribution in [3.63, 3.8) is 0 Å². The predicted octanol–water partition coefficient (Wildman–Crippen LogP) is 2.99. The van der Waals surface area contributed by atoms with Gasteiger partial charge in [0.1, 0.15) is 5.60 Å². The van der Waals surface area contributed by atoms with E-state index in [-0.39, 0.29) is 23.6 Å². The average Bonchev–Trinajstić information content (AvgIpc) is 2.76. The molecule has 0 aromatic carbocycles. The zero-order valence-corrected chi connectivity index (χ0v) is 12.8. The molecule has 3 aliphatic rings. The van der Waals surface area contributed by atoms with Gasteiger partial charge in [0.2, 0.25) is 0 Å². The molecule has 0 saturated heterocycles. The van der Waals surface area contributed by atoms with Crippen molar-refractivity contribution in [2.24, 2.45) is 35.5 Å². The number of carbonyl (C=O) groups is 2. The van der Waals surface area contributed by atoms with Crippen molar-refractivity contribution in [2.45, 2.75) is 46.1 Å². The molecule has 110 valence electrons. The van der Waals surface area contributed by atoms with E-state index in [1.807, 2.05) is 20.8 Å². The van der Waals surface area contributed by atoms with E-state index in [9.17, 15) is 9.59 Å². The quantitative estimate of drug-likeness (QED) is 0.588. The molecule has 0 aromatic rings. The van der Waals surface area contributed by atoms with Crippen LogP contribution in [0.5, 0.6) is 0 Å². The molecule has 3 fully saturated rings. The number of allylic oxidation sites excluding steroid dienone is 1. The fourth-order valence-corrected chi connectivity index (χ4v) is 4.65. The van der Waals surface area contributed by atoms with E-state index < -0.39 is 5.60 Å². The Hall–Kier alpha value is -1.12. The standard InChI is InChI=1S/C17H24O3/c1-8(2)15(18)14-12-9-6-10(13(12)14)11(7-9)16(19)20-17(3,4)5/h9-14H,1,6-7H2,2-5H3/t9-,10+,11-,12-,13+,14+/m1/s1. The predicted molar refractivity (Wildman–Crippen MR) is 75.8 cm³/mol. The van der Waals surface area contributed by atoms with Gasteiger partial charge in [-0.25, -0.2) is 0 Å². The van der Waals surface area contributed by atoms with Gasteiger partial charge in [-0.1, -0.05) is 6.58 Å². The van der Waals surface area contributed by atoms with E-state index >= 15 is 0 Å². The zero-order chi connectivity index (χ0) is 14.8. The highest BCUT2D eigenvalue weighted by Crippen LogP contribution is 2.71. The lowest BCUT2D eigenvalue weighted by Gasteiger charge is -2.26. The molecule has 0 aromatic heterocycles. The molecule has 0 spiro atoms. The van der Waals surface area contributed by atoms with Crippen molar-refractivity contribution in [3.05, 3.63) is 12.2 Å². The van der Waals surface area contributed by atoms with Crippen LogP contribution in [0.4, 0.5) is 0 Å². The van der Waals surface area contributed by atoms with Crippen molar-refractivity contribution in [1.29, 1.82) is 0 Å². The van der Waals surface area contributed by atoms with Crippen molar-refractivity contribution >= 4 is 11.8 Å². The maximum absolute atomic E-state index is 12.3. The van der Waals surface area contributed by atoms with E-state index in [4.69, 9.17) is 4.74 Å². The Balaban J connectivity index is 1.69. The van der Waals surface area contributed by atoms with Crippen LogP contribution >= 0.6 is 0 Å². The number of carbonyl (C=O) groups excluding carboxylic acids is 2. The number of hydrogen-bond donors (Lipinski definition) is 0. The summed E-state index contributed by atoms with van der Waals surface area (Å²) in [6.45, 7) is 11.3. The lowest BCUT2D eigenvalue weighted by atomic mass is 9.88. The molecule has 0 unspecified atom stereocenters. The van der Waals surface area contributed by atoms with Crippen LogP contribution in [-0.4, -0.2) is 17.4 Å². The van der Waals surface area contributed by atoms with Crippen LogP contribution in [0.2, 0.25) is 0 Å². The van der Waals surface area contributed by atoms with Gasteiger partial charge in [-0.05, 0) is 69.8 Å². The minimum atomic E-state index is -0.422. The van der Waals surface area contributed by atoms with E-state index in [1.165, 1.54) is 0 Å². The van der Waals surface area contributed by atoms with Gasteiger partial charge in [-0.15, -0.1) is 0 Å². The van der Waals surface area contributed by atoms with Gasteiger partial charge in [0, 0.05) is 5.92 Å². The number of hydrogen-bond acceptors (Lipinski definition) is 3. The molecule has 0 aliphatic heterocycles. The summed E-state index contributed by atoms with van der Waals surface area (Å²) in [5.74, 6) is 2.21. The Morgan fingerprint density at radius 2 is 1.80 bits per heavy atom. The van der Waals surface area contributed by atoms with Crippen LogP contribution in [0.15, 0.2) is 12.2 Å². The summed E-state index contributed by atoms with van der Waals surface area (Å²) in [7, 11) is 0. The van der Waals surface area contributed by atoms with Crippen LogP contribution in [0.25, 0.3) is 0 Å². The maximum Gasteiger partial charge on any atom is 0.309 e. The molecule has 20 heavy (non-hydrogen) atoms. The lowest BCUT2D eigenvalue weighted by molar-refractivity contribution is -0.162. The van der Waals surface area contributed by atoms with Gasteiger partial charge >= 0.3 is 5.97 Å². The summed E-state index contributed by atoms with van der Waals surface area (Å²) >= 11 is 0. The second kappa shape index (κ2) is 4.19. The Bertz CT molecular complexity index is 485. The maximum atomic E-state index is 12.3. The highest BCUT2D eigenvalue weighted by molar-refractivity contribution is 5.98. The average molecular weight is 276 g/mol. The fraction of sp³-hybridized carbons (Fsp3) is 0.765. The molecular formula is C17H24O3. The molecule has 3 rings (SSSR count). The third-order valence-electron chi connectivity index (χ3n) is 5.25. The molecule has 0 heterocycles. The third kappa shape index (κ3) is 2.02. The van der Waals surface area contributed by atoms with Gasteiger partial charge in [0.15, 0.2) is 5.78 Å². The van der Waals surface area contributed by atoms with Crippen LogP contribution in [0, 0.1) is 35.5 Å². The smallest absolute Gasteiger partial charge is 0.309 e. The van der Waals surface area contributed by atoms with E-state index in [0.717, 1.165) is 12.8 Å². The van der Waals surface area contributed by atoms with Gasteiger partial charge in [-0.3, -0.25) is 9.59 Å². The largest absolute Gasteiger partial charge is 0.460 e. The highest BCUT2D eigenvalue weighted by Gasteiger charge is 2.70. The molecule has 3 saturated carbocycles. The second-order valence-corrected chi connectivity index (χ2v) is 7.86. The second-order valence-electron chi connectivity index (χ2n) is 7.86. The Labute approximate surface area is 120 Å². The molecule has 3 heteroatoms. The molecule has 6 atom stereocenters. The first-order chi connectivity index (χ1) is 9.20. The summed E-state index contributed by atoms with van der Waals surface area (Å²) in [5.41, 5.74) is 0.243. The molecule has 0 radical (unpaired) electrons. The molecule has 0 amide bonds. The number of rotatable bonds is 3. The number of Topliss-reactive ketones (excluding diaryl/α,β-unsaturated/α-hetero) is 1. The van der Waals surface area contributed by atoms with Crippen LogP contribution < -0.4 is 0 Å². The molecule has 0 N–H and O–H groups in total. The first kappa shape index (κ1) is 13.8. The number of ether oxygens (including phenoxy) is 1. The van der Waals surface area contributed by atoms with Crippen molar-refractivity contribution in [2.75, 3.05) is 0 Å². The summed E-state index contributed by atoms with van der Waals surface area (Å²) in [4.78, 5) is 24.4. The van der Waals surface area contributed by atoms with Gasteiger partial charge < -0.3 is 4.74 Å². The van der Waals surface area contributed by atoms with E-state index in [2.05, 4.69) is 6.58 Å². The number of esters is 1. The molecule has 3 aliphatic carbocycles. The molecular weight excluding hydrogens is 252 g/mol. The highest BCUT2D eigenvalue weighted by atomic mass is 16.6. The van der Waals surface area contributed by atoms with Crippen LogP contribution in [0.3, 0.4) is 0 Å². The number of ketones is 1. The van der Waals surface area contributed by atoms with Gasteiger partial charge in [0.25, 0.3) is 0 Å². The first-order valence-corrected chi connectivity index (χ1v) is 7.63. The van der Waals surface area contributed by atoms with Gasteiger partial charge in [-0.2, -0.15) is 0 Å². The molecule has 3 nitrogen and oxygen atoms in total. The number of fused-ring (bicyclic) bond motifs is 5. The molecule has 2 bridgehead atoms. The Morgan fingerprint density at radius 3 is 2.35 bits per heavy atom. The minimum absolute atomic E-state index is 0.0170. The SMILES string of the molecule is C=C(C)C(=O)[C@@H]1[C@H]2[C@H]3C[C@H](C[C@H]3C(=O)OC(C)(C)C)[C@@H]12. The lowest BCUT2D eigenvalue weighted by Crippen LogP contribution is -2.32. The Morgan fingerprint density at radius 1 is 1.15 bits per heavy atom. The minimum Gasteiger partial charge on any atom is -0.460 e. The summed E-state index contributed by atoms with van der Waals surface area (Å²) in [6.07, 6.45) is 2.03. The van der Waals surface area contributed by atoms with Crippen molar-refractivity contribution in [1.82, 2.24) is 0 Å². The topological polar surface area (TPSA) is 43.4 Å². The summed E-state index contributed by atoms with van der Waals surface area (Å²) in [5, 5.41) is 0. The van der Waals surface area contributed by atoms with E-state index in [1.54, 1.807) is 6.92 Å². The summed E-state index contributed by atoms with van der Waals surface area (Å²) in [6, 6.07) is 0. The monoisotopic (exact) mass is 276 g/mol. The normalized spacial score (nSPS) is 41.2. The van der Waals surface area contributed by atoms with E-state index in [0.29, 0.717) is 29.2 Å². The zero-order valence-electron chi connectivity index (χ0n) is 12.8. The van der Waals surface area contributed by atoms with Crippen molar-refractivity contribution < 1.29 is 14.3 Å². The Kier molecular flexibility index (Phi) is 2.90. The van der Waals surface area contributed by atoms with Crippen LogP contribution in [-0.2, 0) is 14.3 Å². The van der Waals surface area contributed by atoms with Crippen molar-refractivity contribution in [3.8, 4) is 0 Å². The third-order valence-corrected chi connectivity index (χ3v) is 5.25.